The van der Waals surface area contributed by atoms with Crippen LogP contribution >= 0.6 is 0 Å². The molecule has 27 heavy (non-hydrogen) atoms. The van der Waals surface area contributed by atoms with Gasteiger partial charge >= 0.3 is 0 Å². The molecule has 0 spiro atoms. The summed E-state index contributed by atoms with van der Waals surface area (Å²) in [4.78, 5) is 11.1. The van der Waals surface area contributed by atoms with E-state index in [1.54, 1.807) is 0 Å². The highest BCUT2D eigenvalue weighted by Crippen LogP contribution is 2.31. The topological polar surface area (TPSA) is 27.7 Å². The second-order valence-corrected chi connectivity index (χ2v) is 7.93. The van der Waals surface area contributed by atoms with Crippen LogP contribution in [0.2, 0.25) is 0 Å². The molecule has 2 aliphatic heterocycles. The van der Waals surface area contributed by atoms with Gasteiger partial charge in [-0.1, -0.05) is 56.6 Å². The van der Waals surface area contributed by atoms with E-state index in [0.717, 1.165) is 38.5 Å². The minimum absolute atomic E-state index is 0.149. The van der Waals surface area contributed by atoms with Crippen molar-refractivity contribution in [2.24, 2.45) is 0 Å². The minimum atomic E-state index is 0.149. The summed E-state index contributed by atoms with van der Waals surface area (Å²) in [5, 5.41) is 0. The lowest BCUT2D eigenvalue weighted by molar-refractivity contribution is -0.386. The molecule has 0 amide bonds. The second-order valence-electron chi connectivity index (χ2n) is 7.93. The summed E-state index contributed by atoms with van der Waals surface area (Å²) in [7, 11) is 0. The van der Waals surface area contributed by atoms with Crippen LogP contribution in [-0.4, -0.2) is 24.4 Å². The van der Waals surface area contributed by atoms with Gasteiger partial charge in [-0.05, 0) is 64.2 Å². The first-order valence-electron chi connectivity index (χ1n) is 11.2. The summed E-state index contributed by atoms with van der Waals surface area (Å²) in [6.07, 6.45) is 27.2. The smallest absolute Gasteiger partial charge is 0.119 e. The Bertz CT molecular complexity index is 435. The van der Waals surface area contributed by atoms with Gasteiger partial charge in [-0.25, -0.2) is 9.78 Å². The van der Waals surface area contributed by atoms with E-state index >= 15 is 0 Å². The normalized spacial score (nSPS) is 29.1. The van der Waals surface area contributed by atoms with Crippen molar-refractivity contribution in [1.29, 1.82) is 0 Å². The molecule has 2 aliphatic rings. The standard InChI is InChI=1S/C24H40O3/c1-3-5-6-7-8-9-10-11-12-13-14-15-16-22-18-19-23(25-22)24-20-17-21(4-2)26-27-24/h3,7-10,21-24H,1,4-6,11-20H2,2H3/b8-7-,10-9-/t21-,22+,23-,24?/m1/s1. The van der Waals surface area contributed by atoms with Gasteiger partial charge in [0.15, 0.2) is 0 Å². The lowest BCUT2D eigenvalue weighted by atomic mass is 10.0. The van der Waals surface area contributed by atoms with Crippen LogP contribution in [0, 0.1) is 0 Å². The van der Waals surface area contributed by atoms with Gasteiger partial charge in [0.2, 0.25) is 0 Å². The lowest BCUT2D eigenvalue weighted by Crippen LogP contribution is -2.36. The number of allylic oxidation sites excluding steroid dienone is 5. The highest BCUT2D eigenvalue weighted by molar-refractivity contribution is 5.02. The summed E-state index contributed by atoms with van der Waals surface area (Å²) in [6.45, 7) is 5.88. The molecule has 0 aromatic rings. The third kappa shape index (κ3) is 9.23. The molecule has 0 N–H and O–H groups in total. The Morgan fingerprint density at radius 3 is 2.26 bits per heavy atom. The van der Waals surface area contributed by atoms with Gasteiger partial charge < -0.3 is 4.74 Å². The highest BCUT2D eigenvalue weighted by Gasteiger charge is 2.35. The Morgan fingerprint density at radius 1 is 0.778 bits per heavy atom. The van der Waals surface area contributed by atoms with Crippen molar-refractivity contribution >= 4 is 0 Å². The van der Waals surface area contributed by atoms with Crippen molar-refractivity contribution in [2.75, 3.05) is 0 Å². The highest BCUT2D eigenvalue weighted by atomic mass is 17.2. The van der Waals surface area contributed by atoms with E-state index in [4.69, 9.17) is 14.5 Å². The van der Waals surface area contributed by atoms with Gasteiger partial charge in [0.25, 0.3) is 0 Å². The van der Waals surface area contributed by atoms with Gasteiger partial charge in [-0.2, -0.15) is 0 Å². The van der Waals surface area contributed by atoms with Gasteiger partial charge in [-0.15, -0.1) is 6.58 Å². The molecule has 0 bridgehead atoms. The Balaban J connectivity index is 1.43. The van der Waals surface area contributed by atoms with E-state index in [9.17, 15) is 0 Å². The maximum absolute atomic E-state index is 6.24. The Morgan fingerprint density at radius 2 is 1.52 bits per heavy atom. The summed E-state index contributed by atoms with van der Waals surface area (Å²) < 4.78 is 6.24. The maximum atomic E-state index is 6.24. The van der Waals surface area contributed by atoms with Crippen LogP contribution in [0.4, 0.5) is 0 Å². The first-order valence-corrected chi connectivity index (χ1v) is 11.2. The second kappa shape index (κ2) is 14.1. The van der Waals surface area contributed by atoms with E-state index in [1.807, 2.05) is 6.08 Å². The monoisotopic (exact) mass is 376 g/mol. The molecular formula is C24H40O3. The van der Waals surface area contributed by atoms with Crippen LogP contribution in [0.1, 0.15) is 90.4 Å². The summed E-state index contributed by atoms with van der Waals surface area (Å²) >= 11 is 0. The lowest BCUT2D eigenvalue weighted by Gasteiger charge is -2.30. The first-order chi connectivity index (χ1) is 13.3. The number of ether oxygens (including phenoxy) is 1. The van der Waals surface area contributed by atoms with E-state index in [-0.39, 0.29) is 18.3 Å². The Kier molecular flexibility index (Phi) is 11.7. The Labute approximate surface area is 166 Å². The predicted molar refractivity (Wildman–Crippen MR) is 113 cm³/mol. The molecule has 0 radical (unpaired) electrons. The molecule has 0 aliphatic carbocycles. The van der Waals surface area contributed by atoms with Crippen molar-refractivity contribution in [3.8, 4) is 0 Å². The summed E-state index contributed by atoms with van der Waals surface area (Å²) in [5.74, 6) is 0. The van der Waals surface area contributed by atoms with Crippen molar-refractivity contribution in [1.82, 2.24) is 0 Å². The van der Waals surface area contributed by atoms with Gasteiger partial charge in [0.1, 0.15) is 6.10 Å². The fraction of sp³-hybridized carbons (Fsp3) is 0.750. The fourth-order valence-electron chi connectivity index (χ4n) is 3.89. The maximum Gasteiger partial charge on any atom is 0.119 e. The molecule has 2 rings (SSSR count). The fourth-order valence-corrected chi connectivity index (χ4v) is 3.89. The van der Waals surface area contributed by atoms with Crippen molar-refractivity contribution in [3.05, 3.63) is 37.0 Å². The molecule has 0 aromatic heterocycles. The van der Waals surface area contributed by atoms with Gasteiger partial charge in [0, 0.05) is 0 Å². The minimum Gasteiger partial charge on any atom is -0.372 e. The van der Waals surface area contributed by atoms with Crippen LogP contribution in [0.5, 0.6) is 0 Å². The van der Waals surface area contributed by atoms with Crippen LogP contribution < -0.4 is 0 Å². The molecule has 4 atom stereocenters. The SMILES string of the molecule is C=CCC/C=C\C=C/CCCCCC[C@H]1CC[C@H](C2CC[C@@H](CC)OO2)O1. The molecule has 0 saturated carbocycles. The predicted octanol–water partition coefficient (Wildman–Crippen LogP) is 6.84. The van der Waals surface area contributed by atoms with Crippen molar-refractivity contribution < 1.29 is 14.5 Å². The number of hydrogen-bond acceptors (Lipinski definition) is 3. The zero-order valence-electron chi connectivity index (χ0n) is 17.3. The number of hydrogen-bond donors (Lipinski definition) is 0. The zero-order valence-corrected chi connectivity index (χ0v) is 17.3. The molecular weight excluding hydrogens is 336 g/mol. The first kappa shape index (κ1) is 22.4. The Hall–Kier alpha value is -0.900. The zero-order chi connectivity index (χ0) is 19.2. The molecule has 3 heteroatoms. The van der Waals surface area contributed by atoms with E-state index in [0.29, 0.717) is 6.10 Å². The van der Waals surface area contributed by atoms with E-state index in [1.165, 1.54) is 44.9 Å². The molecule has 154 valence electrons. The van der Waals surface area contributed by atoms with E-state index in [2.05, 4.69) is 37.8 Å². The molecule has 2 fully saturated rings. The molecule has 2 saturated heterocycles. The molecule has 3 nitrogen and oxygen atoms in total. The van der Waals surface area contributed by atoms with Gasteiger partial charge in [0.05, 0.1) is 18.3 Å². The van der Waals surface area contributed by atoms with Crippen LogP contribution in [0.3, 0.4) is 0 Å². The van der Waals surface area contributed by atoms with Crippen LogP contribution in [0.15, 0.2) is 37.0 Å². The third-order valence-electron chi connectivity index (χ3n) is 5.67. The largest absolute Gasteiger partial charge is 0.372 e. The molecule has 2 heterocycles. The quantitative estimate of drug-likeness (QED) is 0.152. The summed E-state index contributed by atoms with van der Waals surface area (Å²) in [6, 6.07) is 0. The number of unbranched alkanes of at least 4 members (excludes halogenated alkanes) is 5. The average Bonchev–Trinajstić information content (AvgIpc) is 3.18. The van der Waals surface area contributed by atoms with Crippen molar-refractivity contribution in [2.45, 2.75) is 115 Å². The van der Waals surface area contributed by atoms with Crippen LogP contribution in [0.25, 0.3) is 0 Å². The third-order valence-corrected chi connectivity index (χ3v) is 5.67. The molecule has 1 unspecified atom stereocenters. The van der Waals surface area contributed by atoms with Crippen molar-refractivity contribution in [3.63, 3.8) is 0 Å². The molecule has 0 aromatic carbocycles. The van der Waals surface area contributed by atoms with Crippen LogP contribution in [-0.2, 0) is 14.5 Å². The summed E-state index contributed by atoms with van der Waals surface area (Å²) in [5.41, 5.74) is 0. The van der Waals surface area contributed by atoms with E-state index < -0.39 is 0 Å². The van der Waals surface area contributed by atoms with Gasteiger partial charge in [-0.3, -0.25) is 0 Å². The number of rotatable bonds is 13. The average molecular weight is 377 g/mol.